The van der Waals surface area contributed by atoms with Crippen molar-refractivity contribution in [3.63, 3.8) is 0 Å². The van der Waals surface area contributed by atoms with Crippen LogP contribution in [0.1, 0.15) is 32.3 Å². The maximum atomic E-state index is 11.1. The van der Waals surface area contributed by atoms with E-state index in [1.807, 2.05) is 19.1 Å². The van der Waals surface area contributed by atoms with E-state index >= 15 is 0 Å². The smallest absolute Gasteiger partial charge is 0.309 e. The van der Waals surface area contributed by atoms with Crippen LogP contribution in [0.15, 0.2) is 24.5 Å². The van der Waals surface area contributed by atoms with Gasteiger partial charge < -0.3 is 5.11 Å². The van der Waals surface area contributed by atoms with Crippen molar-refractivity contribution in [3.05, 3.63) is 30.1 Å². The van der Waals surface area contributed by atoms with E-state index in [0.717, 1.165) is 12.0 Å². The van der Waals surface area contributed by atoms with Gasteiger partial charge in [-0.15, -0.1) is 0 Å². The average molecular weight is 207 g/mol. The zero-order valence-corrected chi connectivity index (χ0v) is 9.23. The molecule has 0 aliphatic rings. The van der Waals surface area contributed by atoms with E-state index in [1.165, 1.54) is 0 Å². The number of nitrogens with zero attached hydrogens (tertiary/aromatic N) is 1. The van der Waals surface area contributed by atoms with Gasteiger partial charge in [0.2, 0.25) is 0 Å². The first kappa shape index (κ1) is 11.7. The quantitative estimate of drug-likeness (QED) is 0.807. The van der Waals surface area contributed by atoms with Crippen molar-refractivity contribution in [2.24, 2.45) is 5.41 Å². The molecule has 1 heterocycles. The Morgan fingerprint density at radius 3 is 2.80 bits per heavy atom. The van der Waals surface area contributed by atoms with Crippen LogP contribution < -0.4 is 0 Å². The molecule has 0 aliphatic carbocycles. The fourth-order valence-electron chi connectivity index (χ4n) is 1.40. The Kier molecular flexibility index (Phi) is 3.83. The second kappa shape index (κ2) is 4.91. The maximum Gasteiger partial charge on any atom is 0.309 e. The summed E-state index contributed by atoms with van der Waals surface area (Å²) in [6.07, 6.45) is 5.59. The van der Waals surface area contributed by atoms with E-state index in [4.69, 9.17) is 5.11 Å². The number of carboxylic acids is 1. The van der Waals surface area contributed by atoms with Gasteiger partial charge in [-0.1, -0.05) is 13.0 Å². The largest absolute Gasteiger partial charge is 0.481 e. The fourth-order valence-corrected chi connectivity index (χ4v) is 1.40. The van der Waals surface area contributed by atoms with E-state index in [1.54, 1.807) is 19.3 Å². The van der Waals surface area contributed by atoms with Crippen molar-refractivity contribution < 1.29 is 9.90 Å². The summed E-state index contributed by atoms with van der Waals surface area (Å²) in [6, 6.07) is 3.85. The van der Waals surface area contributed by atoms with E-state index in [9.17, 15) is 4.79 Å². The highest BCUT2D eigenvalue weighted by Gasteiger charge is 2.30. The molecule has 0 spiro atoms. The average Bonchev–Trinajstić information content (AvgIpc) is 2.27. The number of carboxylic acid groups (broad SMARTS) is 1. The topological polar surface area (TPSA) is 50.2 Å². The number of aromatic nitrogens is 1. The van der Waals surface area contributed by atoms with Crippen LogP contribution in [0.2, 0.25) is 0 Å². The fraction of sp³-hybridized carbons (Fsp3) is 0.500. The molecule has 1 N–H and O–H groups in total. The minimum absolute atomic E-state index is 0.615. The Hall–Kier alpha value is -1.38. The first-order valence-corrected chi connectivity index (χ1v) is 5.21. The molecule has 0 amide bonds. The molecule has 3 heteroatoms. The van der Waals surface area contributed by atoms with Gasteiger partial charge in [0.25, 0.3) is 0 Å². The second-order valence-corrected chi connectivity index (χ2v) is 4.08. The highest BCUT2D eigenvalue weighted by Crippen LogP contribution is 2.27. The van der Waals surface area contributed by atoms with Crippen LogP contribution in [0.4, 0.5) is 0 Å². The molecule has 0 fully saturated rings. The zero-order valence-electron chi connectivity index (χ0n) is 9.23. The molecule has 1 rings (SSSR count). The molecule has 82 valence electrons. The highest BCUT2D eigenvalue weighted by atomic mass is 16.4. The van der Waals surface area contributed by atoms with Gasteiger partial charge >= 0.3 is 5.97 Å². The molecule has 0 saturated carbocycles. The molecule has 1 aromatic heterocycles. The summed E-state index contributed by atoms with van der Waals surface area (Å²) < 4.78 is 0. The minimum Gasteiger partial charge on any atom is -0.481 e. The highest BCUT2D eigenvalue weighted by molar-refractivity contribution is 5.74. The van der Waals surface area contributed by atoms with E-state index < -0.39 is 11.4 Å². The number of aliphatic carboxylic acids is 1. The molecule has 0 aliphatic heterocycles. The molecular formula is C12H17NO2. The standard InChI is InChI=1S/C12H17NO2/c1-3-12(2,11(14)15)7-6-10-5-4-8-13-9-10/h4-5,8-9H,3,6-7H2,1-2H3,(H,14,15). The number of pyridine rings is 1. The van der Waals surface area contributed by atoms with E-state index in [2.05, 4.69) is 4.98 Å². The molecule has 0 saturated heterocycles. The molecule has 15 heavy (non-hydrogen) atoms. The summed E-state index contributed by atoms with van der Waals surface area (Å²) in [5, 5.41) is 9.09. The van der Waals surface area contributed by atoms with E-state index in [0.29, 0.717) is 12.8 Å². The van der Waals surface area contributed by atoms with E-state index in [-0.39, 0.29) is 0 Å². The number of hydrogen-bond donors (Lipinski definition) is 1. The lowest BCUT2D eigenvalue weighted by Gasteiger charge is -2.22. The van der Waals surface area contributed by atoms with Crippen molar-refractivity contribution >= 4 is 5.97 Å². The third-order valence-electron chi connectivity index (χ3n) is 2.98. The normalized spacial score (nSPS) is 14.5. The van der Waals surface area contributed by atoms with Crippen LogP contribution in [0.25, 0.3) is 0 Å². The van der Waals surface area contributed by atoms with Gasteiger partial charge in [-0.05, 0) is 37.8 Å². The van der Waals surface area contributed by atoms with Gasteiger partial charge in [0.1, 0.15) is 0 Å². The lowest BCUT2D eigenvalue weighted by molar-refractivity contribution is -0.148. The van der Waals surface area contributed by atoms with Gasteiger partial charge in [-0.2, -0.15) is 0 Å². The van der Waals surface area contributed by atoms with Crippen LogP contribution in [0, 0.1) is 5.41 Å². The van der Waals surface area contributed by atoms with Gasteiger partial charge in [0.15, 0.2) is 0 Å². The summed E-state index contributed by atoms with van der Waals surface area (Å²) >= 11 is 0. The number of hydrogen-bond acceptors (Lipinski definition) is 2. The summed E-state index contributed by atoms with van der Waals surface area (Å²) in [5.41, 5.74) is 0.481. The SMILES string of the molecule is CCC(C)(CCc1cccnc1)C(=O)O. The Labute approximate surface area is 90.2 Å². The second-order valence-electron chi connectivity index (χ2n) is 4.08. The van der Waals surface area contributed by atoms with Crippen molar-refractivity contribution in [1.29, 1.82) is 0 Å². The molecule has 0 radical (unpaired) electrons. The van der Waals surface area contributed by atoms with Gasteiger partial charge in [0, 0.05) is 12.4 Å². The summed E-state index contributed by atoms with van der Waals surface area (Å²) in [4.78, 5) is 15.1. The van der Waals surface area contributed by atoms with Gasteiger partial charge in [0.05, 0.1) is 5.41 Å². The predicted octanol–water partition coefficient (Wildman–Crippen LogP) is 2.52. The Morgan fingerprint density at radius 1 is 1.60 bits per heavy atom. The molecule has 1 aromatic rings. The van der Waals surface area contributed by atoms with Crippen LogP contribution in [0.5, 0.6) is 0 Å². The molecule has 3 nitrogen and oxygen atoms in total. The number of carbonyl (C=O) groups is 1. The predicted molar refractivity (Wildman–Crippen MR) is 58.6 cm³/mol. The summed E-state index contributed by atoms with van der Waals surface area (Å²) in [6.45, 7) is 3.71. The number of rotatable bonds is 5. The van der Waals surface area contributed by atoms with Crippen LogP contribution >= 0.6 is 0 Å². The molecular weight excluding hydrogens is 190 g/mol. The Balaban J connectivity index is 2.59. The first-order valence-electron chi connectivity index (χ1n) is 5.21. The van der Waals surface area contributed by atoms with Crippen molar-refractivity contribution in [2.75, 3.05) is 0 Å². The Morgan fingerprint density at radius 2 is 2.33 bits per heavy atom. The van der Waals surface area contributed by atoms with Crippen LogP contribution in [-0.2, 0) is 11.2 Å². The van der Waals surface area contributed by atoms with Crippen LogP contribution in [-0.4, -0.2) is 16.1 Å². The lowest BCUT2D eigenvalue weighted by atomic mass is 9.82. The molecule has 1 atom stereocenters. The summed E-state index contributed by atoms with van der Waals surface area (Å²) in [5.74, 6) is -0.714. The molecule has 0 bridgehead atoms. The third-order valence-corrected chi connectivity index (χ3v) is 2.98. The van der Waals surface area contributed by atoms with Gasteiger partial charge in [-0.3, -0.25) is 9.78 Å². The summed E-state index contributed by atoms with van der Waals surface area (Å²) in [7, 11) is 0. The molecule has 1 unspecified atom stereocenters. The van der Waals surface area contributed by atoms with Gasteiger partial charge in [-0.25, -0.2) is 0 Å². The third kappa shape index (κ3) is 3.05. The molecule has 0 aromatic carbocycles. The first-order chi connectivity index (χ1) is 7.08. The monoisotopic (exact) mass is 207 g/mol. The van der Waals surface area contributed by atoms with Crippen molar-refractivity contribution in [1.82, 2.24) is 4.98 Å². The van der Waals surface area contributed by atoms with Crippen molar-refractivity contribution in [3.8, 4) is 0 Å². The number of aryl methyl sites for hydroxylation is 1. The zero-order chi connectivity index (χ0) is 11.3. The minimum atomic E-state index is -0.714. The maximum absolute atomic E-state index is 11.1. The van der Waals surface area contributed by atoms with Crippen LogP contribution in [0.3, 0.4) is 0 Å². The lowest BCUT2D eigenvalue weighted by Crippen LogP contribution is -2.27. The van der Waals surface area contributed by atoms with Crippen molar-refractivity contribution in [2.45, 2.75) is 33.1 Å². The Bertz CT molecular complexity index is 324.